The Hall–Kier alpha value is -0.540. The zero-order valence-electron chi connectivity index (χ0n) is 6.88. The van der Waals surface area contributed by atoms with E-state index in [9.17, 15) is 0 Å². The fourth-order valence-corrected chi connectivity index (χ4v) is 1.61. The summed E-state index contributed by atoms with van der Waals surface area (Å²) >= 11 is 0. The highest BCUT2D eigenvalue weighted by atomic mass is 35.5. The minimum atomic E-state index is 0. The van der Waals surface area contributed by atoms with Crippen LogP contribution in [0, 0.1) is 0 Å². The average Bonchev–Trinajstić information content (AvgIpc) is 2.47. The van der Waals surface area contributed by atoms with Gasteiger partial charge in [0.15, 0.2) is 0 Å². The van der Waals surface area contributed by atoms with Crippen molar-refractivity contribution in [3.63, 3.8) is 0 Å². The van der Waals surface area contributed by atoms with Crippen LogP contribution in [-0.2, 0) is 19.4 Å². The zero-order chi connectivity index (χ0) is 7.68. The molecule has 0 spiro atoms. The van der Waals surface area contributed by atoms with Crippen molar-refractivity contribution in [3.05, 3.63) is 17.0 Å². The summed E-state index contributed by atoms with van der Waals surface area (Å²) in [5.74, 6) is 1.07. The molecule has 2 rings (SSSR count). The molecule has 12 heavy (non-hydrogen) atoms. The molecule has 0 bridgehead atoms. The lowest BCUT2D eigenvalue weighted by molar-refractivity contribution is 0.368. The van der Waals surface area contributed by atoms with Crippen LogP contribution in [0.4, 0.5) is 0 Å². The summed E-state index contributed by atoms with van der Waals surface area (Å²) in [6.45, 7) is 0.513. The number of nitrogens with zero attached hydrogens (tertiary/aromatic N) is 1. The zero-order valence-corrected chi connectivity index (χ0v) is 7.69. The lowest BCUT2D eigenvalue weighted by Crippen LogP contribution is -2.05. The topological polar surface area (TPSA) is 52.0 Å². The first-order chi connectivity index (χ1) is 5.42. The summed E-state index contributed by atoms with van der Waals surface area (Å²) in [6.07, 6.45) is 4.63. The number of halogens is 1. The second kappa shape index (κ2) is 3.92. The van der Waals surface area contributed by atoms with Crippen LogP contribution >= 0.6 is 12.4 Å². The summed E-state index contributed by atoms with van der Waals surface area (Å²) in [4.78, 5) is 0. The molecule has 0 saturated heterocycles. The molecule has 0 atom stereocenters. The van der Waals surface area contributed by atoms with Crippen LogP contribution in [0.15, 0.2) is 4.52 Å². The van der Waals surface area contributed by atoms with E-state index >= 15 is 0 Å². The van der Waals surface area contributed by atoms with Crippen LogP contribution in [0.1, 0.15) is 29.9 Å². The van der Waals surface area contributed by atoms with Crippen molar-refractivity contribution in [2.75, 3.05) is 0 Å². The second-order valence-corrected chi connectivity index (χ2v) is 2.94. The van der Waals surface area contributed by atoms with E-state index in [0.29, 0.717) is 6.54 Å². The molecule has 0 radical (unpaired) electrons. The van der Waals surface area contributed by atoms with Crippen molar-refractivity contribution in [3.8, 4) is 0 Å². The highest BCUT2D eigenvalue weighted by molar-refractivity contribution is 5.85. The van der Waals surface area contributed by atoms with E-state index in [1.807, 2.05) is 0 Å². The molecule has 1 aromatic heterocycles. The Morgan fingerprint density at radius 3 is 2.83 bits per heavy atom. The van der Waals surface area contributed by atoms with Gasteiger partial charge in [0, 0.05) is 18.5 Å². The summed E-state index contributed by atoms with van der Waals surface area (Å²) in [6, 6.07) is 0. The van der Waals surface area contributed by atoms with Crippen molar-refractivity contribution >= 4 is 12.4 Å². The van der Waals surface area contributed by atoms with Gasteiger partial charge in [0.05, 0.1) is 0 Å². The number of rotatable bonds is 1. The smallest absolute Gasteiger partial charge is 0.140 e. The maximum Gasteiger partial charge on any atom is 0.140 e. The van der Waals surface area contributed by atoms with Gasteiger partial charge in [0.1, 0.15) is 11.5 Å². The van der Waals surface area contributed by atoms with E-state index < -0.39 is 0 Å². The molecule has 1 aromatic rings. The first kappa shape index (κ1) is 9.55. The predicted molar refractivity (Wildman–Crippen MR) is 48.3 cm³/mol. The standard InChI is InChI=1S/C8H12N2O.ClH/c9-5-7-6-3-1-2-4-8(6)11-10-7;/h1-5,9H2;1H. The molecule has 1 heterocycles. The molecule has 0 saturated carbocycles. The van der Waals surface area contributed by atoms with Gasteiger partial charge in [-0.05, 0) is 19.3 Å². The van der Waals surface area contributed by atoms with Gasteiger partial charge in [-0.2, -0.15) is 0 Å². The van der Waals surface area contributed by atoms with Gasteiger partial charge in [-0.3, -0.25) is 0 Å². The highest BCUT2D eigenvalue weighted by Crippen LogP contribution is 2.23. The molecule has 0 unspecified atom stereocenters. The van der Waals surface area contributed by atoms with Gasteiger partial charge in [-0.15, -0.1) is 12.4 Å². The second-order valence-electron chi connectivity index (χ2n) is 2.94. The average molecular weight is 189 g/mol. The van der Waals surface area contributed by atoms with Crippen LogP contribution in [0.3, 0.4) is 0 Å². The van der Waals surface area contributed by atoms with E-state index in [4.69, 9.17) is 10.3 Å². The summed E-state index contributed by atoms with van der Waals surface area (Å²) in [5, 5.41) is 3.92. The predicted octanol–water partition coefficient (Wildman–Crippen LogP) is 1.43. The molecule has 0 aromatic carbocycles. The number of hydrogen-bond acceptors (Lipinski definition) is 3. The van der Waals surface area contributed by atoms with Gasteiger partial charge in [0.25, 0.3) is 0 Å². The summed E-state index contributed by atoms with van der Waals surface area (Å²) in [5.41, 5.74) is 7.73. The van der Waals surface area contributed by atoms with Crippen LogP contribution in [0.5, 0.6) is 0 Å². The molecular formula is C8H13ClN2O. The van der Waals surface area contributed by atoms with E-state index in [-0.39, 0.29) is 12.4 Å². The summed E-state index contributed by atoms with van der Waals surface area (Å²) in [7, 11) is 0. The van der Waals surface area contributed by atoms with E-state index in [0.717, 1.165) is 24.3 Å². The molecule has 0 amide bonds. The Kier molecular flexibility index (Phi) is 3.12. The Morgan fingerprint density at radius 1 is 1.33 bits per heavy atom. The number of hydrogen-bond donors (Lipinski definition) is 1. The van der Waals surface area contributed by atoms with Crippen molar-refractivity contribution in [2.45, 2.75) is 32.2 Å². The van der Waals surface area contributed by atoms with Crippen LogP contribution in [-0.4, -0.2) is 5.16 Å². The fraction of sp³-hybridized carbons (Fsp3) is 0.625. The molecule has 4 heteroatoms. The van der Waals surface area contributed by atoms with Gasteiger partial charge >= 0.3 is 0 Å². The number of aryl methyl sites for hydroxylation is 1. The highest BCUT2D eigenvalue weighted by Gasteiger charge is 2.17. The molecule has 1 aliphatic carbocycles. The Morgan fingerprint density at radius 2 is 2.08 bits per heavy atom. The van der Waals surface area contributed by atoms with E-state index in [2.05, 4.69) is 5.16 Å². The SMILES string of the molecule is Cl.NCc1noc2c1CCCC2. The van der Waals surface area contributed by atoms with E-state index in [1.54, 1.807) is 0 Å². The lowest BCUT2D eigenvalue weighted by Gasteiger charge is -2.07. The maximum absolute atomic E-state index is 5.50. The normalized spacial score (nSPS) is 15.1. The third kappa shape index (κ3) is 1.47. The Labute approximate surface area is 77.7 Å². The van der Waals surface area contributed by atoms with Gasteiger partial charge < -0.3 is 10.3 Å². The Bertz CT molecular complexity index is 246. The monoisotopic (exact) mass is 188 g/mol. The van der Waals surface area contributed by atoms with Crippen LogP contribution < -0.4 is 5.73 Å². The first-order valence-corrected chi connectivity index (χ1v) is 4.08. The largest absolute Gasteiger partial charge is 0.361 e. The molecule has 68 valence electrons. The van der Waals surface area contributed by atoms with Crippen LogP contribution in [0.2, 0.25) is 0 Å². The Balaban J connectivity index is 0.000000720. The van der Waals surface area contributed by atoms with E-state index in [1.165, 1.54) is 18.4 Å². The molecule has 3 nitrogen and oxygen atoms in total. The number of fused-ring (bicyclic) bond motifs is 1. The molecule has 1 aliphatic rings. The van der Waals surface area contributed by atoms with Crippen molar-refractivity contribution in [1.29, 1.82) is 0 Å². The van der Waals surface area contributed by atoms with Crippen molar-refractivity contribution in [2.24, 2.45) is 5.73 Å². The molecule has 0 fully saturated rings. The molecule has 0 aliphatic heterocycles. The van der Waals surface area contributed by atoms with Gasteiger partial charge in [-0.1, -0.05) is 5.16 Å². The van der Waals surface area contributed by atoms with Crippen molar-refractivity contribution in [1.82, 2.24) is 5.16 Å². The quantitative estimate of drug-likeness (QED) is 0.726. The third-order valence-electron chi connectivity index (χ3n) is 2.22. The number of nitrogens with two attached hydrogens (primary N) is 1. The lowest BCUT2D eigenvalue weighted by atomic mass is 9.97. The molecular weight excluding hydrogens is 176 g/mol. The maximum atomic E-state index is 5.50. The summed E-state index contributed by atoms with van der Waals surface area (Å²) < 4.78 is 5.15. The van der Waals surface area contributed by atoms with Gasteiger partial charge in [-0.25, -0.2) is 0 Å². The third-order valence-corrected chi connectivity index (χ3v) is 2.22. The van der Waals surface area contributed by atoms with Crippen molar-refractivity contribution < 1.29 is 4.52 Å². The number of aromatic nitrogens is 1. The fourth-order valence-electron chi connectivity index (χ4n) is 1.61. The molecule has 2 N–H and O–H groups in total. The van der Waals surface area contributed by atoms with Gasteiger partial charge in [0.2, 0.25) is 0 Å². The minimum Gasteiger partial charge on any atom is -0.361 e. The minimum absolute atomic E-state index is 0. The van der Waals surface area contributed by atoms with Crippen LogP contribution in [0.25, 0.3) is 0 Å². The first-order valence-electron chi connectivity index (χ1n) is 4.08.